The van der Waals surface area contributed by atoms with E-state index in [0.717, 1.165) is 17.9 Å². The van der Waals surface area contributed by atoms with Crippen LogP contribution in [0.3, 0.4) is 0 Å². The van der Waals surface area contributed by atoms with E-state index in [1.54, 1.807) is 18.0 Å². The van der Waals surface area contributed by atoms with Gasteiger partial charge in [0.1, 0.15) is 5.03 Å². The van der Waals surface area contributed by atoms with Crippen molar-refractivity contribution in [3.63, 3.8) is 0 Å². The van der Waals surface area contributed by atoms with Crippen molar-refractivity contribution < 1.29 is 0 Å². The molecule has 3 rings (SSSR count). The molecule has 2 aromatic rings. The van der Waals surface area contributed by atoms with Crippen molar-refractivity contribution in [1.29, 1.82) is 0 Å². The molecule has 0 unspecified atom stereocenters. The maximum Gasteiger partial charge on any atom is 0.138 e. The molecule has 1 aromatic carbocycles. The highest BCUT2D eigenvalue weighted by Gasteiger charge is 2.24. The lowest BCUT2D eigenvalue weighted by Gasteiger charge is -2.04. The van der Waals surface area contributed by atoms with Crippen LogP contribution in [0.15, 0.2) is 23.4 Å². The molecule has 3 nitrogen and oxygen atoms in total. The van der Waals surface area contributed by atoms with Gasteiger partial charge in [-0.2, -0.15) is 10.3 Å². The van der Waals surface area contributed by atoms with E-state index in [1.807, 2.05) is 12.1 Å². The summed E-state index contributed by atoms with van der Waals surface area (Å²) in [7, 11) is 0. The van der Waals surface area contributed by atoms with Crippen molar-refractivity contribution in [2.75, 3.05) is 0 Å². The molecular weight excluding hydrogens is 277 g/mol. The lowest BCUT2D eigenvalue weighted by molar-refractivity contribution is 0.897. The Kier molecular flexibility index (Phi) is 3.03. The summed E-state index contributed by atoms with van der Waals surface area (Å²) in [6.07, 6.45) is 3.75. The number of fused-ring (bicyclic) bond motifs is 1. The van der Waals surface area contributed by atoms with Gasteiger partial charge < -0.3 is 0 Å². The molecule has 0 atom stereocenters. The molecule has 0 amide bonds. The number of hydrogen-bond acceptors (Lipinski definition) is 3. The van der Waals surface area contributed by atoms with Crippen LogP contribution in [0.1, 0.15) is 11.1 Å². The molecule has 6 heteroatoms. The Labute approximate surface area is 113 Å². The van der Waals surface area contributed by atoms with Crippen LogP contribution in [-0.2, 0) is 12.8 Å². The van der Waals surface area contributed by atoms with E-state index in [-0.39, 0.29) is 0 Å². The SMILES string of the molecule is Clc1cc2c(cc1Cl)CC(Sc1cn[nH]n1)C2. The number of aromatic nitrogens is 3. The zero-order valence-electron chi connectivity index (χ0n) is 8.78. The molecule has 0 aliphatic heterocycles. The van der Waals surface area contributed by atoms with Gasteiger partial charge in [0.15, 0.2) is 0 Å². The summed E-state index contributed by atoms with van der Waals surface area (Å²) in [5.41, 5.74) is 2.58. The number of aromatic amines is 1. The van der Waals surface area contributed by atoms with E-state index >= 15 is 0 Å². The molecule has 0 saturated carbocycles. The summed E-state index contributed by atoms with van der Waals surface area (Å²) in [6, 6.07) is 3.95. The summed E-state index contributed by atoms with van der Waals surface area (Å²) < 4.78 is 0. The van der Waals surface area contributed by atoms with Crippen LogP contribution in [0.25, 0.3) is 0 Å². The maximum absolute atomic E-state index is 6.02. The molecule has 1 heterocycles. The lowest BCUT2D eigenvalue weighted by atomic mass is 10.1. The summed E-state index contributed by atoms with van der Waals surface area (Å²) in [6.45, 7) is 0. The quantitative estimate of drug-likeness (QED) is 0.920. The van der Waals surface area contributed by atoms with E-state index < -0.39 is 0 Å². The number of H-pyrrole nitrogens is 1. The lowest BCUT2D eigenvalue weighted by Crippen LogP contribution is -2.00. The minimum Gasteiger partial charge on any atom is -0.197 e. The minimum atomic E-state index is 0.490. The number of hydrogen-bond donors (Lipinski definition) is 1. The first-order chi connectivity index (χ1) is 8.22. The third kappa shape index (κ3) is 2.30. The van der Waals surface area contributed by atoms with Crippen LogP contribution in [-0.4, -0.2) is 20.7 Å². The van der Waals surface area contributed by atoms with Gasteiger partial charge in [0, 0.05) is 5.25 Å². The number of rotatable bonds is 2. The molecule has 17 heavy (non-hydrogen) atoms. The molecule has 1 N–H and O–H groups in total. The van der Waals surface area contributed by atoms with Crippen molar-refractivity contribution in [2.24, 2.45) is 0 Å². The second kappa shape index (κ2) is 4.52. The van der Waals surface area contributed by atoms with E-state index in [1.165, 1.54) is 11.1 Å². The van der Waals surface area contributed by atoms with Crippen molar-refractivity contribution >= 4 is 35.0 Å². The molecule has 0 bridgehead atoms. The number of thioether (sulfide) groups is 1. The van der Waals surface area contributed by atoms with Gasteiger partial charge in [0.2, 0.25) is 0 Å². The second-order valence-corrected chi connectivity index (χ2v) is 6.13. The predicted molar refractivity (Wildman–Crippen MR) is 69.9 cm³/mol. The highest BCUT2D eigenvalue weighted by Crippen LogP contribution is 2.37. The first-order valence-electron chi connectivity index (χ1n) is 5.21. The van der Waals surface area contributed by atoms with Gasteiger partial charge in [-0.05, 0) is 36.1 Å². The molecule has 0 radical (unpaired) electrons. The normalized spacial score (nSPS) is 15.2. The predicted octanol–water partition coefficient (Wildman–Crippen LogP) is 3.37. The molecule has 1 aromatic heterocycles. The summed E-state index contributed by atoms with van der Waals surface area (Å²) >= 11 is 13.8. The Hall–Kier alpha value is -0.710. The Balaban J connectivity index is 1.79. The zero-order chi connectivity index (χ0) is 11.8. The van der Waals surface area contributed by atoms with Gasteiger partial charge in [-0.25, -0.2) is 0 Å². The minimum absolute atomic E-state index is 0.490. The zero-order valence-corrected chi connectivity index (χ0v) is 11.1. The fourth-order valence-electron chi connectivity index (χ4n) is 2.07. The number of nitrogens with zero attached hydrogens (tertiary/aromatic N) is 2. The summed E-state index contributed by atoms with van der Waals surface area (Å²) in [4.78, 5) is 0. The van der Waals surface area contributed by atoms with E-state index in [4.69, 9.17) is 23.2 Å². The summed E-state index contributed by atoms with van der Waals surface area (Å²) in [5.74, 6) is 0. The smallest absolute Gasteiger partial charge is 0.138 e. The Bertz CT molecular complexity index is 511. The van der Waals surface area contributed by atoms with E-state index in [0.29, 0.717) is 15.3 Å². The Morgan fingerprint density at radius 2 is 1.82 bits per heavy atom. The highest BCUT2D eigenvalue weighted by molar-refractivity contribution is 7.99. The Morgan fingerprint density at radius 1 is 1.18 bits per heavy atom. The third-order valence-corrected chi connectivity index (χ3v) is 4.65. The molecule has 1 aliphatic carbocycles. The van der Waals surface area contributed by atoms with Crippen LogP contribution in [0, 0.1) is 0 Å². The standard InChI is InChI=1S/C11H9Cl2N3S/c12-9-3-6-1-8(2-7(6)4-10(9)13)17-11-5-14-16-15-11/h3-5,8H,1-2H2,(H,14,15,16). The highest BCUT2D eigenvalue weighted by atomic mass is 35.5. The summed E-state index contributed by atoms with van der Waals surface area (Å²) in [5, 5.41) is 13.2. The van der Waals surface area contributed by atoms with Gasteiger partial charge in [0.05, 0.1) is 16.2 Å². The van der Waals surface area contributed by atoms with Crippen LogP contribution >= 0.6 is 35.0 Å². The van der Waals surface area contributed by atoms with Crippen molar-refractivity contribution in [2.45, 2.75) is 23.1 Å². The molecule has 0 fully saturated rings. The fourth-order valence-corrected chi connectivity index (χ4v) is 3.52. The Morgan fingerprint density at radius 3 is 2.35 bits per heavy atom. The molecule has 88 valence electrons. The number of nitrogens with one attached hydrogen (secondary N) is 1. The van der Waals surface area contributed by atoms with Gasteiger partial charge in [0.25, 0.3) is 0 Å². The first-order valence-corrected chi connectivity index (χ1v) is 6.85. The van der Waals surface area contributed by atoms with Crippen LogP contribution in [0.2, 0.25) is 10.0 Å². The molecule has 1 aliphatic rings. The van der Waals surface area contributed by atoms with Crippen LogP contribution in [0.5, 0.6) is 0 Å². The maximum atomic E-state index is 6.02. The average molecular weight is 286 g/mol. The number of halogens is 2. The van der Waals surface area contributed by atoms with Crippen LogP contribution in [0.4, 0.5) is 0 Å². The van der Waals surface area contributed by atoms with Gasteiger partial charge in [-0.3, -0.25) is 0 Å². The van der Waals surface area contributed by atoms with Crippen molar-refractivity contribution in [3.8, 4) is 0 Å². The van der Waals surface area contributed by atoms with E-state index in [9.17, 15) is 0 Å². The second-order valence-electron chi connectivity index (χ2n) is 3.99. The molecular formula is C11H9Cl2N3S. The third-order valence-electron chi connectivity index (χ3n) is 2.82. The molecule has 0 saturated heterocycles. The largest absolute Gasteiger partial charge is 0.197 e. The monoisotopic (exact) mass is 285 g/mol. The van der Waals surface area contributed by atoms with Crippen molar-refractivity contribution in [3.05, 3.63) is 39.5 Å². The van der Waals surface area contributed by atoms with Gasteiger partial charge in [-0.15, -0.1) is 5.10 Å². The topological polar surface area (TPSA) is 41.6 Å². The average Bonchev–Trinajstić information content (AvgIpc) is 2.89. The van der Waals surface area contributed by atoms with Gasteiger partial charge >= 0.3 is 0 Å². The van der Waals surface area contributed by atoms with Gasteiger partial charge in [-0.1, -0.05) is 35.0 Å². The van der Waals surface area contributed by atoms with E-state index in [2.05, 4.69) is 15.4 Å². The van der Waals surface area contributed by atoms with Crippen LogP contribution < -0.4 is 0 Å². The molecule has 0 spiro atoms. The first kappa shape index (κ1) is 11.4. The fraction of sp³-hybridized carbons (Fsp3) is 0.273. The van der Waals surface area contributed by atoms with Crippen molar-refractivity contribution in [1.82, 2.24) is 15.4 Å². The number of benzene rings is 1.